The Hall–Kier alpha value is -1.20. The van der Waals surface area contributed by atoms with Crippen LogP contribution >= 0.6 is 11.3 Å². The highest BCUT2D eigenvalue weighted by Gasteiger charge is 2.02. The molecule has 2 heterocycles. The van der Waals surface area contributed by atoms with Crippen LogP contribution in [0.5, 0.6) is 0 Å². The van der Waals surface area contributed by atoms with Crippen molar-refractivity contribution >= 4 is 27.4 Å². The topological polar surface area (TPSA) is 63.8 Å². The van der Waals surface area contributed by atoms with Crippen LogP contribution in [-0.4, -0.2) is 23.1 Å². The first-order valence-corrected chi connectivity index (χ1v) is 4.92. The smallest absolute Gasteiger partial charge is 0.147 e. The van der Waals surface area contributed by atoms with Crippen molar-refractivity contribution in [2.24, 2.45) is 5.73 Å². The molecule has 3 N–H and O–H groups in total. The van der Waals surface area contributed by atoms with Crippen LogP contribution < -0.4 is 11.1 Å². The van der Waals surface area contributed by atoms with Crippen molar-refractivity contribution in [3.8, 4) is 0 Å². The molecule has 0 radical (unpaired) electrons. The Morgan fingerprint density at radius 1 is 1.46 bits per heavy atom. The lowest BCUT2D eigenvalue weighted by Crippen LogP contribution is -2.13. The van der Waals surface area contributed by atoms with Gasteiger partial charge in [-0.1, -0.05) is 0 Å². The van der Waals surface area contributed by atoms with E-state index in [1.54, 1.807) is 17.7 Å². The van der Waals surface area contributed by atoms with Gasteiger partial charge in [-0.05, 0) is 11.4 Å². The van der Waals surface area contributed by atoms with Gasteiger partial charge in [0.25, 0.3) is 0 Å². The molecule has 2 aromatic rings. The summed E-state index contributed by atoms with van der Waals surface area (Å²) >= 11 is 1.64. The molecule has 0 bridgehead atoms. The summed E-state index contributed by atoms with van der Waals surface area (Å²) in [5.74, 6) is 0.880. The second-order valence-corrected chi connectivity index (χ2v) is 3.49. The van der Waals surface area contributed by atoms with E-state index in [0.29, 0.717) is 6.54 Å². The van der Waals surface area contributed by atoms with E-state index in [2.05, 4.69) is 15.3 Å². The van der Waals surface area contributed by atoms with Crippen LogP contribution in [0.1, 0.15) is 0 Å². The van der Waals surface area contributed by atoms with Gasteiger partial charge in [-0.3, -0.25) is 0 Å². The number of hydrogen-bond donors (Lipinski definition) is 2. The van der Waals surface area contributed by atoms with Gasteiger partial charge in [0.1, 0.15) is 12.1 Å². The lowest BCUT2D eigenvalue weighted by Gasteiger charge is -2.02. The third kappa shape index (κ3) is 1.61. The lowest BCUT2D eigenvalue weighted by molar-refractivity contribution is 1.01. The van der Waals surface area contributed by atoms with E-state index in [1.807, 2.05) is 11.4 Å². The average Bonchev–Trinajstić information content (AvgIpc) is 2.62. The average molecular weight is 194 g/mol. The first-order valence-electron chi connectivity index (χ1n) is 4.04. The molecule has 0 aliphatic heterocycles. The molecule has 0 fully saturated rings. The predicted octanol–water partition coefficient (Wildman–Crippen LogP) is 1.06. The Kier molecular flexibility index (Phi) is 2.37. The standard InChI is InChI=1S/C8H10N4S/c9-2-3-10-8-7-6(1-4-13-7)11-5-12-8/h1,4-5H,2-3,9H2,(H,10,11,12). The van der Waals surface area contributed by atoms with Gasteiger partial charge in [0.2, 0.25) is 0 Å². The highest BCUT2D eigenvalue weighted by molar-refractivity contribution is 7.17. The van der Waals surface area contributed by atoms with E-state index >= 15 is 0 Å². The monoisotopic (exact) mass is 194 g/mol. The molecule has 0 spiro atoms. The van der Waals surface area contributed by atoms with E-state index in [0.717, 1.165) is 22.6 Å². The summed E-state index contributed by atoms with van der Waals surface area (Å²) in [7, 11) is 0. The van der Waals surface area contributed by atoms with Crippen molar-refractivity contribution in [1.82, 2.24) is 9.97 Å². The van der Waals surface area contributed by atoms with E-state index in [1.165, 1.54) is 0 Å². The summed E-state index contributed by atoms with van der Waals surface area (Å²) in [6.07, 6.45) is 1.56. The Bertz CT molecular complexity index is 398. The summed E-state index contributed by atoms with van der Waals surface area (Å²) in [6.45, 7) is 1.35. The molecule has 0 unspecified atom stereocenters. The zero-order valence-electron chi connectivity index (χ0n) is 7.03. The minimum Gasteiger partial charge on any atom is -0.368 e. The maximum Gasteiger partial charge on any atom is 0.147 e. The lowest BCUT2D eigenvalue weighted by atomic mass is 10.4. The number of fused-ring (bicyclic) bond motifs is 1. The van der Waals surface area contributed by atoms with E-state index in [-0.39, 0.29) is 0 Å². The number of nitrogens with zero attached hydrogens (tertiary/aromatic N) is 2. The first-order chi connectivity index (χ1) is 6.42. The highest BCUT2D eigenvalue weighted by atomic mass is 32.1. The number of nitrogens with two attached hydrogens (primary N) is 1. The van der Waals surface area contributed by atoms with Crippen molar-refractivity contribution in [1.29, 1.82) is 0 Å². The van der Waals surface area contributed by atoms with Crippen LogP contribution in [0.2, 0.25) is 0 Å². The van der Waals surface area contributed by atoms with Crippen LogP contribution in [0.15, 0.2) is 17.8 Å². The summed E-state index contributed by atoms with van der Waals surface area (Å²) in [4.78, 5) is 8.29. The highest BCUT2D eigenvalue weighted by Crippen LogP contribution is 2.24. The molecule has 0 saturated heterocycles. The number of thiophene rings is 1. The first kappa shape index (κ1) is 8.40. The second kappa shape index (κ2) is 3.68. The molecular formula is C8H10N4S. The summed E-state index contributed by atoms with van der Waals surface area (Å²) in [6, 6.07) is 1.98. The summed E-state index contributed by atoms with van der Waals surface area (Å²) in [5.41, 5.74) is 6.38. The Morgan fingerprint density at radius 2 is 2.38 bits per heavy atom. The maximum atomic E-state index is 5.39. The van der Waals surface area contributed by atoms with Gasteiger partial charge in [-0.2, -0.15) is 0 Å². The van der Waals surface area contributed by atoms with Crippen LogP contribution in [-0.2, 0) is 0 Å². The normalized spacial score (nSPS) is 10.5. The van der Waals surface area contributed by atoms with Crippen LogP contribution in [0, 0.1) is 0 Å². The molecule has 0 aromatic carbocycles. The Labute approximate surface area is 79.8 Å². The fraction of sp³-hybridized carbons (Fsp3) is 0.250. The van der Waals surface area contributed by atoms with E-state index < -0.39 is 0 Å². The zero-order chi connectivity index (χ0) is 9.10. The summed E-state index contributed by atoms with van der Waals surface area (Å²) < 4.78 is 1.09. The number of hydrogen-bond acceptors (Lipinski definition) is 5. The van der Waals surface area contributed by atoms with Gasteiger partial charge < -0.3 is 11.1 Å². The zero-order valence-corrected chi connectivity index (χ0v) is 7.84. The van der Waals surface area contributed by atoms with Gasteiger partial charge in [0.15, 0.2) is 0 Å². The molecule has 0 atom stereocenters. The molecule has 68 valence electrons. The molecule has 2 rings (SSSR count). The van der Waals surface area contributed by atoms with Crippen LogP contribution in [0.4, 0.5) is 5.82 Å². The van der Waals surface area contributed by atoms with Crippen molar-refractivity contribution in [2.75, 3.05) is 18.4 Å². The van der Waals surface area contributed by atoms with Crippen molar-refractivity contribution < 1.29 is 0 Å². The molecule has 0 amide bonds. The molecule has 13 heavy (non-hydrogen) atoms. The van der Waals surface area contributed by atoms with Gasteiger partial charge >= 0.3 is 0 Å². The maximum absolute atomic E-state index is 5.39. The predicted molar refractivity (Wildman–Crippen MR) is 55.0 cm³/mol. The molecule has 2 aromatic heterocycles. The fourth-order valence-corrected chi connectivity index (χ4v) is 1.92. The van der Waals surface area contributed by atoms with Crippen LogP contribution in [0.3, 0.4) is 0 Å². The molecule has 0 saturated carbocycles. The molecule has 5 heteroatoms. The number of rotatable bonds is 3. The second-order valence-electron chi connectivity index (χ2n) is 2.57. The minimum atomic E-state index is 0.608. The van der Waals surface area contributed by atoms with Gasteiger partial charge in [-0.25, -0.2) is 9.97 Å². The van der Waals surface area contributed by atoms with Gasteiger partial charge in [-0.15, -0.1) is 11.3 Å². The summed E-state index contributed by atoms with van der Waals surface area (Å²) in [5, 5.41) is 5.16. The largest absolute Gasteiger partial charge is 0.368 e. The SMILES string of the molecule is NCCNc1ncnc2ccsc12. The fourth-order valence-electron chi connectivity index (χ4n) is 1.11. The van der Waals surface area contributed by atoms with Crippen LogP contribution in [0.25, 0.3) is 10.2 Å². The third-order valence-corrected chi connectivity index (χ3v) is 2.59. The Balaban J connectivity index is 2.37. The number of aromatic nitrogens is 2. The van der Waals surface area contributed by atoms with E-state index in [4.69, 9.17) is 5.73 Å². The van der Waals surface area contributed by atoms with Crippen molar-refractivity contribution in [3.63, 3.8) is 0 Å². The third-order valence-electron chi connectivity index (χ3n) is 1.68. The molecule has 4 nitrogen and oxygen atoms in total. The molecule has 0 aliphatic rings. The number of anilines is 1. The quantitative estimate of drug-likeness (QED) is 0.767. The minimum absolute atomic E-state index is 0.608. The van der Waals surface area contributed by atoms with E-state index in [9.17, 15) is 0 Å². The van der Waals surface area contributed by atoms with Gasteiger partial charge in [0, 0.05) is 13.1 Å². The molecular weight excluding hydrogens is 184 g/mol. The Morgan fingerprint density at radius 3 is 3.23 bits per heavy atom. The molecule has 0 aliphatic carbocycles. The van der Waals surface area contributed by atoms with Crippen molar-refractivity contribution in [2.45, 2.75) is 0 Å². The van der Waals surface area contributed by atoms with Gasteiger partial charge in [0.05, 0.1) is 10.2 Å². The van der Waals surface area contributed by atoms with Crippen molar-refractivity contribution in [3.05, 3.63) is 17.8 Å². The number of nitrogens with one attached hydrogen (secondary N) is 1.